The minimum absolute atomic E-state index is 0.155. The fraction of sp³-hybridized carbons (Fsp3) is 0.118. The van der Waals surface area contributed by atoms with Gasteiger partial charge in [-0.15, -0.1) is 11.3 Å². The highest BCUT2D eigenvalue weighted by Gasteiger charge is 2.20. The van der Waals surface area contributed by atoms with Crippen molar-refractivity contribution in [2.75, 3.05) is 7.11 Å². The van der Waals surface area contributed by atoms with Gasteiger partial charge >= 0.3 is 5.97 Å². The van der Waals surface area contributed by atoms with Crippen molar-refractivity contribution in [3.05, 3.63) is 60.7 Å². The molecule has 2 heterocycles. The number of ether oxygens (including phenoxy) is 1. The molecule has 0 saturated carbocycles. The van der Waals surface area contributed by atoms with Gasteiger partial charge in [0.25, 0.3) is 5.56 Å². The van der Waals surface area contributed by atoms with Crippen molar-refractivity contribution >= 4 is 66.2 Å². The van der Waals surface area contributed by atoms with Gasteiger partial charge in [0.2, 0.25) is 0 Å². The average molecular weight is 458 g/mol. The first-order valence-corrected chi connectivity index (χ1v) is 9.25. The second kappa shape index (κ2) is 7.30. The van der Waals surface area contributed by atoms with Crippen molar-refractivity contribution in [2.24, 2.45) is 0 Å². The highest BCUT2D eigenvalue weighted by atomic mass is 79.9. The number of fused-ring (bicyclic) bond motifs is 1. The summed E-state index contributed by atoms with van der Waals surface area (Å²) in [5, 5.41) is 0.501. The van der Waals surface area contributed by atoms with E-state index < -0.39 is 17.3 Å². The number of rotatable bonds is 3. The van der Waals surface area contributed by atoms with Crippen LogP contribution in [-0.2, 0) is 4.74 Å². The van der Waals surface area contributed by atoms with Crippen LogP contribution in [0.15, 0.2) is 27.5 Å². The molecule has 3 aromatic rings. The molecule has 0 bridgehead atoms. The van der Waals surface area contributed by atoms with E-state index in [1.807, 2.05) is 0 Å². The number of aromatic nitrogens is 2. The number of aryl methyl sites for hydroxylation is 1. The fourth-order valence-corrected chi connectivity index (χ4v) is 4.07. The Morgan fingerprint density at radius 2 is 2.19 bits per heavy atom. The lowest BCUT2D eigenvalue weighted by atomic mass is 10.2. The molecule has 0 unspecified atom stereocenters. The van der Waals surface area contributed by atoms with Crippen molar-refractivity contribution in [1.82, 2.24) is 9.97 Å². The van der Waals surface area contributed by atoms with E-state index in [9.17, 15) is 14.0 Å². The van der Waals surface area contributed by atoms with Crippen molar-refractivity contribution < 1.29 is 13.9 Å². The van der Waals surface area contributed by atoms with Crippen molar-refractivity contribution in [1.29, 1.82) is 0 Å². The van der Waals surface area contributed by atoms with Crippen LogP contribution in [0.3, 0.4) is 0 Å². The summed E-state index contributed by atoms with van der Waals surface area (Å²) in [4.78, 5) is 31.9. The van der Waals surface area contributed by atoms with E-state index in [-0.39, 0.29) is 10.9 Å². The highest BCUT2D eigenvalue weighted by Crippen LogP contribution is 2.29. The zero-order chi connectivity index (χ0) is 19.0. The number of H-pyrrole nitrogens is 1. The monoisotopic (exact) mass is 456 g/mol. The molecular weight excluding hydrogens is 447 g/mol. The number of esters is 1. The van der Waals surface area contributed by atoms with Gasteiger partial charge in [0.1, 0.15) is 15.5 Å². The number of methoxy groups -OCH3 is 1. The van der Waals surface area contributed by atoms with Crippen LogP contribution in [0.1, 0.15) is 26.6 Å². The van der Waals surface area contributed by atoms with Gasteiger partial charge in [-0.3, -0.25) is 4.79 Å². The number of carbonyl (C=O) groups excluding carboxylic acids is 1. The molecule has 9 heteroatoms. The smallest absolute Gasteiger partial charge is 0.348 e. The number of benzene rings is 1. The van der Waals surface area contributed by atoms with Gasteiger partial charge in [0.05, 0.1) is 22.0 Å². The number of hydrogen-bond acceptors (Lipinski definition) is 5. The molecule has 0 saturated heterocycles. The minimum Gasteiger partial charge on any atom is -0.465 e. The summed E-state index contributed by atoms with van der Waals surface area (Å²) in [5.74, 6) is -0.762. The Hall–Kier alpha value is -2.03. The first kappa shape index (κ1) is 18.8. The van der Waals surface area contributed by atoms with Crippen LogP contribution in [0.25, 0.3) is 21.3 Å². The van der Waals surface area contributed by atoms with Crippen LogP contribution in [0, 0.1) is 12.7 Å². The maximum absolute atomic E-state index is 13.3. The lowest BCUT2D eigenvalue weighted by Gasteiger charge is -2.01. The maximum Gasteiger partial charge on any atom is 0.348 e. The predicted octanol–water partition coefficient (Wildman–Crippen LogP) is 4.72. The lowest BCUT2D eigenvalue weighted by Crippen LogP contribution is -2.10. The molecule has 26 heavy (non-hydrogen) atoms. The molecule has 0 aliphatic carbocycles. The largest absolute Gasteiger partial charge is 0.465 e. The number of aromatic amines is 1. The summed E-state index contributed by atoms with van der Waals surface area (Å²) < 4.78 is 18.3. The molecule has 0 amide bonds. The minimum atomic E-state index is -0.524. The molecule has 1 aromatic carbocycles. The SMILES string of the molecule is COC(=O)c1sc2nc(/C(Cl)=C/c3ccc(F)c(Br)c3)[nH]c(=O)c2c1C. The molecule has 5 nitrogen and oxygen atoms in total. The van der Waals surface area contributed by atoms with E-state index >= 15 is 0 Å². The van der Waals surface area contributed by atoms with E-state index in [2.05, 4.69) is 25.9 Å². The van der Waals surface area contributed by atoms with E-state index in [1.165, 1.54) is 13.2 Å². The summed E-state index contributed by atoms with van der Waals surface area (Å²) in [6.45, 7) is 1.66. The number of nitrogens with one attached hydrogen (secondary N) is 1. The van der Waals surface area contributed by atoms with Gasteiger partial charge in [-0.2, -0.15) is 0 Å². The molecule has 0 aliphatic rings. The van der Waals surface area contributed by atoms with E-state index in [0.717, 1.165) is 11.3 Å². The molecule has 0 aliphatic heterocycles. The van der Waals surface area contributed by atoms with Crippen molar-refractivity contribution in [3.8, 4) is 0 Å². The summed E-state index contributed by atoms with van der Waals surface area (Å²) in [6.07, 6.45) is 1.55. The molecule has 2 aromatic heterocycles. The Morgan fingerprint density at radius 1 is 1.46 bits per heavy atom. The summed E-state index contributed by atoms with van der Waals surface area (Å²) in [7, 11) is 1.27. The molecule has 0 radical (unpaired) electrons. The Morgan fingerprint density at radius 3 is 2.85 bits per heavy atom. The van der Waals surface area contributed by atoms with E-state index in [4.69, 9.17) is 16.3 Å². The fourth-order valence-electron chi connectivity index (χ4n) is 2.36. The second-order valence-electron chi connectivity index (χ2n) is 5.31. The van der Waals surface area contributed by atoms with Crippen LogP contribution in [0.2, 0.25) is 0 Å². The summed E-state index contributed by atoms with van der Waals surface area (Å²) in [6, 6.07) is 4.40. The molecule has 0 atom stereocenters. The normalized spacial score (nSPS) is 11.8. The first-order chi connectivity index (χ1) is 12.3. The average Bonchev–Trinajstić information content (AvgIpc) is 2.94. The maximum atomic E-state index is 13.3. The Balaban J connectivity index is 2.10. The van der Waals surface area contributed by atoms with Crippen LogP contribution >= 0.6 is 38.9 Å². The predicted molar refractivity (Wildman–Crippen MR) is 104 cm³/mol. The number of carbonyl (C=O) groups is 1. The molecule has 1 N–H and O–H groups in total. The van der Waals surface area contributed by atoms with Gasteiger partial charge in [-0.25, -0.2) is 14.2 Å². The number of hydrogen-bond donors (Lipinski definition) is 1. The van der Waals surface area contributed by atoms with Gasteiger partial charge in [-0.05, 0) is 52.2 Å². The van der Waals surface area contributed by atoms with Gasteiger partial charge < -0.3 is 9.72 Å². The number of thiophene rings is 1. The standard InChI is InChI=1S/C17H11BrClFN2O3S/c1-7-12-15(23)21-14(22-16(12)26-13(7)17(24)25-2)10(19)6-8-3-4-11(20)9(18)5-8/h3-6H,1-2H3,(H,21,22,23)/b10-6-. The molecule has 0 fully saturated rings. The number of halogens is 3. The van der Waals surface area contributed by atoms with Gasteiger partial charge in [-0.1, -0.05) is 17.7 Å². The molecular formula is C17H11BrClFN2O3S. The van der Waals surface area contributed by atoms with Gasteiger partial charge in [0.15, 0.2) is 5.82 Å². The number of nitrogens with zero attached hydrogens (tertiary/aromatic N) is 1. The van der Waals surface area contributed by atoms with Crippen LogP contribution in [0.5, 0.6) is 0 Å². The third kappa shape index (κ3) is 3.44. The summed E-state index contributed by atoms with van der Waals surface area (Å²) in [5.41, 5.74) is 0.740. The Labute approximate surface area is 164 Å². The molecule has 0 spiro atoms. The third-order valence-corrected chi connectivity index (χ3v) is 5.70. The topological polar surface area (TPSA) is 72.0 Å². The van der Waals surface area contributed by atoms with Crippen molar-refractivity contribution in [2.45, 2.75) is 6.92 Å². The lowest BCUT2D eigenvalue weighted by molar-refractivity contribution is 0.0605. The second-order valence-corrected chi connectivity index (χ2v) is 7.57. The zero-order valence-corrected chi connectivity index (χ0v) is 16.7. The van der Waals surface area contributed by atoms with Crippen LogP contribution in [-0.4, -0.2) is 23.0 Å². The Bertz CT molecular complexity index is 1120. The quantitative estimate of drug-likeness (QED) is 0.578. The highest BCUT2D eigenvalue weighted by molar-refractivity contribution is 9.10. The molecule has 3 rings (SSSR count). The third-order valence-electron chi connectivity index (χ3n) is 3.63. The van der Waals surface area contributed by atoms with Crippen LogP contribution < -0.4 is 5.56 Å². The van der Waals surface area contributed by atoms with Crippen LogP contribution in [0.4, 0.5) is 4.39 Å². The molecule has 134 valence electrons. The van der Waals surface area contributed by atoms with Crippen molar-refractivity contribution in [3.63, 3.8) is 0 Å². The van der Waals surface area contributed by atoms with E-state index in [1.54, 1.807) is 25.1 Å². The summed E-state index contributed by atoms with van der Waals surface area (Å²) >= 11 is 10.4. The Kier molecular flexibility index (Phi) is 5.27. The van der Waals surface area contributed by atoms with Gasteiger partial charge in [0, 0.05) is 0 Å². The first-order valence-electron chi connectivity index (χ1n) is 7.26. The zero-order valence-electron chi connectivity index (χ0n) is 13.5. The van der Waals surface area contributed by atoms with E-state index in [0.29, 0.717) is 30.7 Å².